The number of nitrogens with zero attached hydrogens (tertiary/aromatic N) is 2. The van der Waals surface area contributed by atoms with Crippen LogP contribution >= 0.6 is 11.3 Å². The Hall–Kier alpha value is -2.99. The van der Waals surface area contributed by atoms with Crippen molar-refractivity contribution >= 4 is 22.9 Å². The summed E-state index contributed by atoms with van der Waals surface area (Å²) >= 11 is 1.65. The van der Waals surface area contributed by atoms with Crippen molar-refractivity contribution in [1.29, 1.82) is 0 Å². The quantitative estimate of drug-likeness (QED) is 0.413. The highest BCUT2D eigenvalue weighted by atomic mass is 32.1. The summed E-state index contributed by atoms with van der Waals surface area (Å²) in [4.78, 5) is 18.9. The van der Waals surface area contributed by atoms with Gasteiger partial charge in [-0.25, -0.2) is 0 Å². The molecule has 2 heterocycles. The van der Waals surface area contributed by atoms with Crippen LogP contribution in [0.25, 0.3) is 0 Å². The maximum absolute atomic E-state index is 13.3. The van der Waals surface area contributed by atoms with Crippen LogP contribution in [0.15, 0.2) is 66.0 Å². The third-order valence-electron chi connectivity index (χ3n) is 7.13. The van der Waals surface area contributed by atoms with Gasteiger partial charge in [-0.3, -0.25) is 4.79 Å². The van der Waals surface area contributed by atoms with Gasteiger partial charge in [0.2, 0.25) is 5.91 Å². The second-order valence-electron chi connectivity index (χ2n) is 9.49. The fourth-order valence-corrected chi connectivity index (χ4v) is 5.98. The fraction of sp³-hybridized carbons (Fsp3) is 0.414. The Morgan fingerprint density at radius 2 is 1.83 bits per heavy atom. The van der Waals surface area contributed by atoms with E-state index in [1.165, 1.54) is 18.4 Å². The average molecular weight is 491 g/mol. The number of carbonyl (C=O) groups excluding carboxylic acids is 1. The monoisotopic (exact) mass is 490 g/mol. The maximum Gasteiger partial charge on any atom is 0.228 e. The van der Waals surface area contributed by atoms with Crippen LogP contribution in [-0.2, 0) is 17.6 Å². The molecular formula is C29H34N2O3S. The molecule has 5 nitrogen and oxygen atoms in total. The van der Waals surface area contributed by atoms with E-state index in [1.807, 2.05) is 29.6 Å². The molecule has 3 aromatic rings. The number of rotatable bonds is 8. The molecule has 35 heavy (non-hydrogen) atoms. The van der Waals surface area contributed by atoms with Gasteiger partial charge in [0.1, 0.15) is 0 Å². The molecule has 1 aliphatic heterocycles. The van der Waals surface area contributed by atoms with Crippen LogP contribution in [0.2, 0.25) is 0 Å². The van der Waals surface area contributed by atoms with E-state index in [0.29, 0.717) is 13.0 Å². The van der Waals surface area contributed by atoms with E-state index in [2.05, 4.69) is 46.2 Å². The van der Waals surface area contributed by atoms with Crippen molar-refractivity contribution in [2.45, 2.75) is 50.7 Å². The first-order chi connectivity index (χ1) is 17.2. The summed E-state index contributed by atoms with van der Waals surface area (Å²) in [5.74, 6) is 1.83. The summed E-state index contributed by atoms with van der Waals surface area (Å²) in [5.41, 5.74) is 2.38. The van der Waals surface area contributed by atoms with E-state index < -0.39 is 0 Å². The number of ether oxygens (including phenoxy) is 2. The zero-order valence-corrected chi connectivity index (χ0v) is 21.2. The van der Waals surface area contributed by atoms with Crippen molar-refractivity contribution in [2.24, 2.45) is 0 Å². The molecule has 0 N–H and O–H groups in total. The molecule has 6 heteroatoms. The molecule has 184 valence electrons. The van der Waals surface area contributed by atoms with E-state index >= 15 is 0 Å². The lowest BCUT2D eigenvalue weighted by Crippen LogP contribution is -2.56. The van der Waals surface area contributed by atoms with Gasteiger partial charge in [0.25, 0.3) is 0 Å². The van der Waals surface area contributed by atoms with Crippen molar-refractivity contribution < 1.29 is 14.3 Å². The summed E-state index contributed by atoms with van der Waals surface area (Å²) in [7, 11) is 1.70. The maximum atomic E-state index is 13.3. The van der Waals surface area contributed by atoms with Crippen LogP contribution in [0.4, 0.5) is 5.69 Å². The summed E-state index contributed by atoms with van der Waals surface area (Å²) < 4.78 is 12.0. The zero-order chi connectivity index (χ0) is 24.0. The second-order valence-corrected chi connectivity index (χ2v) is 10.5. The first-order valence-corrected chi connectivity index (χ1v) is 13.5. The Bertz CT molecular complexity index is 1100. The number of hydrogen-bond donors (Lipinski definition) is 0. The minimum Gasteiger partial charge on any atom is -0.493 e. The van der Waals surface area contributed by atoms with Crippen molar-refractivity contribution in [2.75, 3.05) is 31.6 Å². The van der Waals surface area contributed by atoms with Gasteiger partial charge in [-0.05, 0) is 61.2 Å². The summed E-state index contributed by atoms with van der Waals surface area (Å²) in [6.45, 7) is 2.31. The smallest absolute Gasteiger partial charge is 0.228 e. The van der Waals surface area contributed by atoms with Crippen molar-refractivity contribution in [3.63, 3.8) is 0 Å². The molecule has 0 radical (unpaired) electrons. The average Bonchev–Trinajstić information content (AvgIpc) is 3.59. The highest BCUT2D eigenvalue weighted by Gasteiger charge is 2.31. The Labute approximate surface area is 212 Å². The zero-order valence-electron chi connectivity index (χ0n) is 20.4. The van der Waals surface area contributed by atoms with Gasteiger partial charge in [-0.15, -0.1) is 11.3 Å². The first-order valence-electron chi connectivity index (χ1n) is 12.6. The molecule has 1 atom stereocenters. The number of hydrogen-bond acceptors (Lipinski definition) is 5. The molecule has 2 fully saturated rings. The first kappa shape index (κ1) is 23.7. The van der Waals surface area contributed by atoms with E-state index in [4.69, 9.17) is 9.47 Å². The van der Waals surface area contributed by atoms with Gasteiger partial charge in [-0.2, -0.15) is 0 Å². The predicted octanol–water partition coefficient (Wildman–Crippen LogP) is 5.58. The Morgan fingerprint density at radius 3 is 2.57 bits per heavy atom. The summed E-state index contributed by atoms with van der Waals surface area (Å²) in [6, 6.07) is 20.9. The Balaban J connectivity index is 1.35. The second kappa shape index (κ2) is 11.2. The predicted molar refractivity (Wildman–Crippen MR) is 142 cm³/mol. The lowest BCUT2D eigenvalue weighted by molar-refractivity contribution is -0.133. The largest absolute Gasteiger partial charge is 0.493 e. The Morgan fingerprint density at radius 1 is 1.00 bits per heavy atom. The molecule has 1 aromatic heterocycles. The SMILES string of the molecule is COc1ccc(N2CCN(C(=O)Cc3cccs3)[C@@H](Cc3ccccc3)C2)cc1OC1CCCC1. The number of piperazine rings is 1. The van der Waals surface area contributed by atoms with Gasteiger partial charge in [0.15, 0.2) is 11.5 Å². The van der Waals surface area contributed by atoms with Gasteiger partial charge in [-0.1, -0.05) is 36.4 Å². The molecule has 0 bridgehead atoms. The molecule has 2 aliphatic rings. The van der Waals surface area contributed by atoms with Gasteiger partial charge < -0.3 is 19.3 Å². The van der Waals surface area contributed by atoms with Crippen molar-refractivity contribution in [1.82, 2.24) is 4.90 Å². The van der Waals surface area contributed by atoms with E-state index in [1.54, 1.807) is 18.4 Å². The number of amides is 1. The molecule has 5 rings (SSSR count). The third-order valence-corrected chi connectivity index (χ3v) is 8.01. The number of benzene rings is 2. The highest BCUT2D eigenvalue weighted by molar-refractivity contribution is 7.10. The van der Waals surface area contributed by atoms with E-state index in [-0.39, 0.29) is 18.1 Å². The molecule has 2 aromatic carbocycles. The molecule has 1 aliphatic carbocycles. The van der Waals surface area contributed by atoms with Gasteiger partial charge in [0.05, 0.1) is 25.7 Å². The number of carbonyl (C=O) groups is 1. The lowest BCUT2D eigenvalue weighted by atomic mass is 10.0. The molecule has 1 saturated carbocycles. The van der Waals surface area contributed by atoms with Crippen molar-refractivity contribution in [3.8, 4) is 11.5 Å². The van der Waals surface area contributed by atoms with Crippen LogP contribution < -0.4 is 14.4 Å². The van der Waals surface area contributed by atoms with E-state index in [0.717, 1.165) is 54.4 Å². The summed E-state index contributed by atoms with van der Waals surface area (Å²) in [6.07, 6.45) is 6.27. The molecular weight excluding hydrogens is 456 g/mol. The molecule has 1 amide bonds. The fourth-order valence-electron chi connectivity index (χ4n) is 5.28. The van der Waals surface area contributed by atoms with Crippen LogP contribution in [0, 0.1) is 0 Å². The van der Waals surface area contributed by atoms with Gasteiger partial charge >= 0.3 is 0 Å². The van der Waals surface area contributed by atoms with Gasteiger partial charge in [0, 0.05) is 36.3 Å². The normalized spacial score (nSPS) is 18.6. The molecule has 0 unspecified atom stereocenters. The topological polar surface area (TPSA) is 42.0 Å². The lowest BCUT2D eigenvalue weighted by Gasteiger charge is -2.43. The number of methoxy groups -OCH3 is 1. The van der Waals surface area contributed by atoms with Crippen LogP contribution in [0.5, 0.6) is 11.5 Å². The molecule has 0 spiro atoms. The van der Waals surface area contributed by atoms with Crippen molar-refractivity contribution in [3.05, 3.63) is 76.5 Å². The van der Waals surface area contributed by atoms with Crippen LogP contribution in [-0.4, -0.2) is 49.7 Å². The highest BCUT2D eigenvalue weighted by Crippen LogP contribution is 2.36. The standard InChI is InChI=1S/C29H34N2O3S/c1-33-27-14-13-23(19-28(27)34-25-10-5-6-11-25)30-15-16-31(29(32)20-26-12-7-17-35-26)24(21-30)18-22-8-3-2-4-9-22/h2-4,7-9,12-14,17,19,24-25H,5-6,10-11,15-16,18,20-21H2,1H3/t24-/m0/s1. The third kappa shape index (κ3) is 5.81. The van der Waals surface area contributed by atoms with Crippen LogP contribution in [0.3, 0.4) is 0 Å². The minimum atomic E-state index is 0.111. The Kier molecular flexibility index (Phi) is 7.57. The van der Waals surface area contributed by atoms with Crippen LogP contribution in [0.1, 0.15) is 36.1 Å². The number of anilines is 1. The molecule has 1 saturated heterocycles. The number of thiophene rings is 1. The summed E-state index contributed by atoms with van der Waals surface area (Å²) in [5, 5.41) is 2.04. The minimum absolute atomic E-state index is 0.111. The van der Waals surface area contributed by atoms with E-state index in [9.17, 15) is 4.79 Å².